The molecule has 6 heteroatoms. The van der Waals surface area contributed by atoms with E-state index >= 15 is 0 Å². The number of benzene rings is 3. The summed E-state index contributed by atoms with van der Waals surface area (Å²) in [5, 5.41) is 0. The third-order valence-electron chi connectivity index (χ3n) is 4.55. The smallest absolute Gasteiger partial charge is 0.323 e. The van der Waals surface area contributed by atoms with Crippen molar-refractivity contribution in [2.24, 2.45) is 0 Å². The first kappa shape index (κ1) is 20.8. The van der Waals surface area contributed by atoms with Crippen LogP contribution in [0.2, 0.25) is 0 Å². The molecule has 0 fully saturated rings. The van der Waals surface area contributed by atoms with Gasteiger partial charge in [-0.1, -0.05) is 66.7 Å². The maximum atomic E-state index is 13.2. The fraction of sp³-hybridized carbons (Fsp3) is 0.125. The average Bonchev–Trinajstić information content (AvgIpc) is 2.74. The summed E-state index contributed by atoms with van der Waals surface area (Å²) in [6.45, 7) is 1.72. The van der Waals surface area contributed by atoms with Gasteiger partial charge in [0.15, 0.2) is 0 Å². The van der Waals surface area contributed by atoms with Crippen LogP contribution in [0.25, 0.3) is 0 Å². The molecule has 6 nitrogen and oxygen atoms in total. The second-order valence-electron chi connectivity index (χ2n) is 6.89. The Bertz CT molecular complexity index is 994. The van der Waals surface area contributed by atoms with E-state index in [9.17, 15) is 14.4 Å². The summed E-state index contributed by atoms with van der Waals surface area (Å²) in [4.78, 5) is 40.8. The predicted octanol–water partition coefficient (Wildman–Crippen LogP) is 3.38. The van der Waals surface area contributed by atoms with E-state index in [0.29, 0.717) is 5.69 Å². The quantitative estimate of drug-likeness (QED) is 0.525. The molecule has 0 bridgehead atoms. The topological polar surface area (TPSA) is 83.7 Å². The molecule has 0 aromatic heterocycles. The number of anilines is 2. The number of amides is 3. The first-order chi connectivity index (χ1) is 14.5. The zero-order chi connectivity index (χ0) is 21.5. The largest absolute Gasteiger partial charge is 0.399 e. The number of nitrogens with zero attached hydrogens (tertiary/aromatic N) is 2. The molecule has 0 aliphatic rings. The van der Waals surface area contributed by atoms with Gasteiger partial charge in [-0.3, -0.25) is 14.4 Å². The Labute approximate surface area is 175 Å². The molecule has 0 heterocycles. The fourth-order valence-electron chi connectivity index (χ4n) is 3.14. The molecule has 0 saturated carbocycles. The van der Waals surface area contributed by atoms with Crippen molar-refractivity contribution in [3.63, 3.8) is 0 Å². The van der Waals surface area contributed by atoms with Gasteiger partial charge >= 0.3 is 11.8 Å². The van der Waals surface area contributed by atoms with E-state index in [0.717, 1.165) is 16.0 Å². The number of nitrogens with two attached hydrogens (primary N) is 1. The molecule has 0 aliphatic carbocycles. The molecule has 0 radical (unpaired) electrons. The van der Waals surface area contributed by atoms with Gasteiger partial charge in [0.2, 0.25) is 5.91 Å². The highest BCUT2D eigenvalue weighted by Crippen LogP contribution is 2.20. The van der Waals surface area contributed by atoms with Gasteiger partial charge in [-0.15, -0.1) is 0 Å². The minimum Gasteiger partial charge on any atom is -0.399 e. The SMILES string of the molecule is CC(=O)N(C(=O)C(=O)N(Cc1ccccc1)Cc1ccccc1)c1cccc(N)c1. The van der Waals surface area contributed by atoms with E-state index in [1.54, 1.807) is 18.2 Å². The summed E-state index contributed by atoms with van der Waals surface area (Å²) in [5.41, 5.74) is 8.21. The van der Waals surface area contributed by atoms with E-state index < -0.39 is 17.7 Å². The maximum Gasteiger partial charge on any atom is 0.323 e. The molecule has 0 spiro atoms. The van der Waals surface area contributed by atoms with E-state index in [2.05, 4.69) is 0 Å². The lowest BCUT2D eigenvalue weighted by Crippen LogP contribution is -2.47. The third-order valence-corrected chi connectivity index (χ3v) is 4.55. The highest BCUT2D eigenvalue weighted by molar-refractivity contribution is 6.45. The highest BCUT2D eigenvalue weighted by Gasteiger charge is 2.31. The summed E-state index contributed by atoms with van der Waals surface area (Å²) >= 11 is 0. The molecule has 0 saturated heterocycles. The standard InChI is InChI=1S/C24H23N3O3/c1-18(28)27(22-14-8-13-21(25)15-22)24(30)23(29)26(16-19-9-4-2-5-10-19)17-20-11-6-3-7-12-20/h2-15H,16-17,25H2,1H3. The lowest BCUT2D eigenvalue weighted by atomic mass is 10.1. The van der Waals surface area contributed by atoms with Crippen molar-refractivity contribution in [3.8, 4) is 0 Å². The van der Waals surface area contributed by atoms with Crippen LogP contribution in [-0.2, 0) is 27.5 Å². The highest BCUT2D eigenvalue weighted by atomic mass is 16.2. The Morgan fingerprint density at radius 3 is 1.73 bits per heavy atom. The molecule has 3 aromatic rings. The van der Waals surface area contributed by atoms with Crippen molar-refractivity contribution in [1.29, 1.82) is 0 Å². The Morgan fingerprint density at radius 2 is 1.27 bits per heavy atom. The van der Waals surface area contributed by atoms with Crippen LogP contribution in [0.4, 0.5) is 11.4 Å². The Morgan fingerprint density at radius 1 is 0.733 bits per heavy atom. The van der Waals surface area contributed by atoms with Crippen LogP contribution in [0.3, 0.4) is 0 Å². The number of rotatable bonds is 5. The van der Waals surface area contributed by atoms with Gasteiger partial charge in [0.05, 0.1) is 5.69 Å². The summed E-state index contributed by atoms with van der Waals surface area (Å²) in [5.74, 6) is -2.24. The van der Waals surface area contributed by atoms with Crippen LogP contribution in [-0.4, -0.2) is 22.6 Å². The van der Waals surface area contributed by atoms with Crippen molar-refractivity contribution < 1.29 is 14.4 Å². The monoisotopic (exact) mass is 401 g/mol. The minimum absolute atomic E-state index is 0.239. The maximum absolute atomic E-state index is 13.2. The van der Waals surface area contributed by atoms with Crippen molar-refractivity contribution in [3.05, 3.63) is 96.1 Å². The van der Waals surface area contributed by atoms with Crippen LogP contribution in [0.1, 0.15) is 18.1 Å². The molecule has 2 N–H and O–H groups in total. The van der Waals surface area contributed by atoms with Crippen molar-refractivity contribution in [2.75, 3.05) is 10.6 Å². The van der Waals surface area contributed by atoms with E-state index in [-0.39, 0.29) is 18.8 Å². The molecule has 152 valence electrons. The van der Waals surface area contributed by atoms with Crippen LogP contribution >= 0.6 is 0 Å². The summed E-state index contributed by atoms with van der Waals surface area (Å²) in [7, 11) is 0. The molecule has 0 atom stereocenters. The zero-order valence-corrected chi connectivity index (χ0v) is 16.7. The number of imide groups is 1. The van der Waals surface area contributed by atoms with Gasteiger partial charge in [-0.25, -0.2) is 4.90 Å². The normalized spacial score (nSPS) is 10.3. The third kappa shape index (κ3) is 5.11. The van der Waals surface area contributed by atoms with Crippen molar-refractivity contribution in [1.82, 2.24) is 4.90 Å². The lowest BCUT2D eigenvalue weighted by molar-refractivity contribution is -0.146. The van der Waals surface area contributed by atoms with Gasteiger partial charge in [-0.2, -0.15) is 0 Å². The second kappa shape index (κ2) is 9.52. The number of hydrogen-bond donors (Lipinski definition) is 1. The van der Waals surface area contributed by atoms with Crippen molar-refractivity contribution in [2.45, 2.75) is 20.0 Å². The number of nitrogen functional groups attached to an aromatic ring is 1. The van der Waals surface area contributed by atoms with Crippen LogP contribution < -0.4 is 10.6 Å². The molecule has 3 amide bonds. The molecule has 0 aliphatic heterocycles. The Hall–Kier alpha value is -3.93. The predicted molar refractivity (Wildman–Crippen MR) is 116 cm³/mol. The lowest BCUT2D eigenvalue weighted by Gasteiger charge is -2.26. The Kier molecular flexibility index (Phi) is 6.60. The molecular formula is C24H23N3O3. The number of carbonyl (C=O) groups excluding carboxylic acids is 3. The second-order valence-corrected chi connectivity index (χ2v) is 6.89. The summed E-state index contributed by atoms with van der Waals surface area (Å²) < 4.78 is 0. The van der Waals surface area contributed by atoms with Crippen LogP contribution in [0, 0.1) is 0 Å². The van der Waals surface area contributed by atoms with Crippen LogP contribution in [0.5, 0.6) is 0 Å². The molecule has 3 aromatic carbocycles. The number of hydrogen-bond acceptors (Lipinski definition) is 4. The molecule has 30 heavy (non-hydrogen) atoms. The average molecular weight is 401 g/mol. The van der Waals surface area contributed by atoms with Gasteiger partial charge in [0, 0.05) is 25.7 Å². The first-order valence-corrected chi connectivity index (χ1v) is 9.53. The van der Waals surface area contributed by atoms with Gasteiger partial charge in [0.25, 0.3) is 0 Å². The van der Waals surface area contributed by atoms with Gasteiger partial charge in [0.1, 0.15) is 0 Å². The van der Waals surface area contributed by atoms with E-state index in [1.807, 2.05) is 60.7 Å². The first-order valence-electron chi connectivity index (χ1n) is 9.53. The van der Waals surface area contributed by atoms with Gasteiger partial charge in [-0.05, 0) is 29.3 Å². The van der Waals surface area contributed by atoms with Crippen molar-refractivity contribution >= 4 is 29.1 Å². The fourth-order valence-corrected chi connectivity index (χ4v) is 3.14. The molecule has 3 rings (SSSR count). The number of carbonyl (C=O) groups is 3. The zero-order valence-electron chi connectivity index (χ0n) is 16.7. The summed E-state index contributed by atoms with van der Waals surface area (Å²) in [6, 6.07) is 25.1. The van der Waals surface area contributed by atoms with Gasteiger partial charge < -0.3 is 10.6 Å². The minimum atomic E-state index is -0.917. The van der Waals surface area contributed by atoms with E-state index in [1.165, 1.54) is 17.9 Å². The molecule has 0 unspecified atom stereocenters. The Balaban J connectivity index is 1.91. The van der Waals surface area contributed by atoms with E-state index in [4.69, 9.17) is 5.73 Å². The van der Waals surface area contributed by atoms with Crippen LogP contribution in [0.15, 0.2) is 84.9 Å². The molecular weight excluding hydrogens is 378 g/mol. The summed E-state index contributed by atoms with van der Waals surface area (Å²) in [6.07, 6.45) is 0.